The van der Waals surface area contributed by atoms with Crippen LogP contribution < -0.4 is 4.90 Å². The van der Waals surface area contributed by atoms with Crippen LogP contribution in [0, 0.1) is 0 Å². The van der Waals surface area contributed by atoms with Gasteiger partial charge in [0.2, 0.25) is 5.91 Å². The molecule has 0 saturated carbocycles. The van der Waals surface area contributed by atoms with Crippen LogP contribution >= 0.6 is 39.9 Å². The van der Waals surface area contributed by atoms with Crippen molar-refractivity contribution in [3.63, 3.8) is 0 Å². The molecular weight excluding hydrogens is 488 g/mol. The highest BCUT2D eigenvalue weighted by molar-refractivity contribution is 9.10. The zero-order chi connectivity index (χ0) is 21.6. The van der Waals surface area contributed by atoms with E-state index >= 15 is 0 Å². The van der Waals surface area contributed by atoms with Crippen molar-refractivity contribution in [2.75, 3.05) is 4.90 Å². The van der Waals surface area contributed by atoms with Gasteiger partial charge in [0.25, 0.3) is 11.8 Å². The van der Waals surface area contributed by atoms with E-state index in [1.807, 2.05) is 0 Å². The van der Waals surface area contributed by atoms with E-state index in [0.29, 0.717) is 26.7 Å². The highest BCUT2D eigenvalue weighted by atomic mass is 79.9. The lowest BCUT2D eigenvalue weighted by molar-refractivity contribution is -0.150. The molecule has 1 atom stereocenters. The minimum Gasteiger partial charge on any atom is -0.481 e. The van der Waals surface area contributed by atoms with Crippen LogP contribution in [-0.2, 0) is 24.0 Å². The number of carbonyl (C=O) groups is 5. The molecule has 9 nitrogen and oxygen atoms in total. The number of hydrogen-bond donors (Lipinski definition) is 2. The van der Waals surface area contributed by atoms with Crippen LogP contribution in [0.15, 0.2) is 27.6 Å². The second kappa shape index (κ2) is 7.69. The van der Waals surface area contributed by atoms with Crippen LogP contribution in [0.4, 0.5) is 5.69 Å². The molecule has 0 aliphatic carbocycles. The molecule has 1 saturated heterocycles. The van der Waals surface area contributed by atoms with Crippen molar-refractivity contribution in [2.24, 2.45) is 0 Å². The first-order valence-corrected chi connectivity index (χ1v) is 9.95. The average Bonchev–Trinajstić information content (AvgIpc) is 3.04. The second-order valence-electron chi connectivity index (χ2n) is 6.02. The Morgan fingerprint density at radius 3 is 2.41 bits per heavy atom. The summed E-state index contributed by atoms with van der Waals surface area (Å²) >= 11 is 9.07. The Hall–Kier alpha value is -2.57. The number of thiocarbonyl (C=S) groups is 1. The second-order valence-corrected chi connectivity index (χ2v) is 8.58. The number of carbonyl (C=O) groups excluding carboxylic acids is 3. The van der Waals surface area contributed by atoms with Gasteiger partial charge in [0.05, 0.1) is 22.6 Å². The van der Waals surface area contributed by atoms with Gasteiger partial charge in [0.1, 0.15) is 10.4 Å². The molecular formula is C17H11BrN2O7S2. The third-order valence-electron chi connectivity index (χ3n) is 4.19. The van der Waals surface area contributed by atoms with Gasteiger partial charge < -0.3 is 10.2 Å². The molecule has 150 valence electrons. The molecule has 3 rings (SSSR count). The van der Waals surface area contributed by atoms with Gasteiger partial charge >= 0.3 is 11.9 Å². The number of halogens is 1. The molecule has 0 aromatic heterocycles. The number of nitrogens with zero attached hydrogens (tertiary/aromatic N) is 2. The molecule has 2 N–H and O–H groups in total. The Balaban J connectivity index is 2.16. The molecule has 2 aliphatic rings. The quantitative estimate of drug-likeness (QED) is 0.471. The number of anilines is 1. The summed E-state index contributed by atoms with van der Waals surface area (Å²) in [4.78, 5) is 61.9. The molecule has 2 aliphatic heterocycles. The van der Waals surface area contributed by atoms with Gasteiger partial charge in [-0.15, -0.1) is 0 Å². The van der Waals surface area contributed by atoms with E-state index in [4.69, 9.17) is 17.3 Å². The number of thioether (sulfide) groups is 1. The molecule has 12 heteroatoms. The molecule has 3 amide bonds. The number of imide groups is 1. The average molecular weight is 499 g/mol. The Bertz CT molecular complexity index is 1050. The van der Waals surface area contributed by atoms with E-state index in [1.54, 1.807) is 12.1 Å². The predicted octanol–water partition coefficient (Wildman–Crippen LogP) is 1.84. The van der Waals surface area contributed by atoms with E-state index in [1.165, 1.54) is 13.0 Å². The maximum absolute atomic E-state index is 13.0. The van der Waals surface area contributed by atoms with Crippen molar-refractivity contribution in [1.29, 1.82) is 0 Å². The van der Waals surface area contributed by atoms with Gasteiger partial charge in [-0.25, -0.2) is 9.69 Å². The Morgan fingerprint density at radius 2 is 1.86 bits per heavy atom. The molecule has 1 aromatic carbocycles. The fraction of sp³-hybridized carbons (Fsp3) is 0.176. The van der Waals surface area contributed by atoms with Crippen LogP contribution in [0.2, 0.25) is 0 Å². The van der Waals surface area contributed by atoms with Crippen LogP contribution in [-0.4, -0.2) is 55.1 Å². The SMILES string of the molecule is CC(=O)N1C(=O)/C(=C2\SC(=S)N([C@H](CC(=O)O)C(=O)O)C2=O)c2cc(Br)ccc21. The Labute approximate surface area is 181 Å². The number of carboxylic acid groups (broad SMARTS) is 2. The smallest absolute Gasteiger partial charge is 0.327 e. The Morgan fingerprint density at radius 1 is 1.21 bits per heavy atom. The number of rotatable bonds is 4. The van der Waals surface area contributed by atoms with Gasteiger partial charge in [0.15, 0.2) is 0 Å². The van der Waals surface area contributed by atoms with Crippen molar-refractivity contribution >= 4 is 85.2 Å². The summed E-state index contributed by atoms with van der Waals surface area (Å²) in [6.45, 7) is 1.20. The number of carboxylic acids is 2. The standard InChI is InChI=1S/C17H11BrN2O7S2/c1-6(21)19-9-3-2-7(18)4-8(9)12(14(19)24)13-15(25)20(17(28)29-13)10(16(26)27)5-11(22)23/h2-4,10H,5H2,1H3,(H,22,23)(H,26,27)/b13-12-/t10-/m1/s1. The van der Waals surface area contributed by atoms with Gasteiger partial charge in [-0.05, 0) is 18.2 Å². The maximum Gasteiger partial charge on any atom is 0.327 e. The summed E-state index contributed by atoms with van der Waals surface area (Å²) in [5, 5.41) is 18.3. The number of aliphatic carboxylic acids is 2. The topological polar surface area (TPSA) is 132 Å². The number of fused-ring (bicyclic) bond motifs is 1. The van der Waals surface area contributed by atoms with Crippen LogP contribution in [0.3, 0.4) is 0 Å². The molecule has 1 aromatic rings. The van der Waals surface area contributed by atoms with Gasteiger partial charge in [-0.3, -0.25) is 24.1 Å². The van der Waals surface area contributed by atoms with Crippen molar-refractivity contribution < 1.29 is 34.2 Å². The van der Waals surface area contributed by atoms with Crippen LogP contribution in [0.5, 0.6) is 0 Å². The molecule has 29 heavy (non-hydrogen) atoms. The van der Waals surface area contributed by atoms with E-state index in [9.17, 15) is 29.1 Å². The first kappa shape index (κ1) is 21.1. The minimum atomic E-state index is -1.72. The fourth-order valence-electron chi connectivity index (χ4n) is 3.03. The zero-order valence-corrected chi connectivity index (χ0v) is 17.8. The molecule has 0 unspecified atom stereocenters. The number of hydrogen-bond acceptors (Lipinski definition) is 7. The van der Waals surface area contributed by atoms with E-state index in [-0.39, 0.29) is 20.5 Å². The monoisotopic (exact) mass is 498 g/mol. The molecule has 0 spiro atoms. The lowest BCUT2D eigenvalue weighted by Crippen LogP contribution is -2.45. The van der Waals surface area contributed by atoms with E-state index in [2.05, 4.69) is 15.9 Å². The van der Waals surface area contributed by atoms with Gasteiger partial charge in [-0.1, -0.05) is 39.9 Å². The Kier molecular flexibility index (Phi) is 5.61. The van der Waals surface area contributed by atoms with Gasteiger partial charge in [0, 0.05) is 17.0 Å². The molecule has 1 fully saturated rings. The highest BCUT2D eigenvalue weighted by Gasteiger charge is 2.47. The third kappa shape index (κ3) is 3.58. The van der Waals surface area contributed by atoms with Crippen molar-refractivity contribution in [2.45, 2.75) is 19.4 Å². The normalized spacial score (nSPS) is 19.6. The molecule has 0 bridgehead atoms. The first-order valence-electron chi connectivity index (χ1n) is 7.93. The number of amides is 3. The summed E-state index contributed by atoms with van der Waals surface area (Å²) in [6.07, 6.45) is -0.861. The molecule has 0 radical (unpaired) electrons. The summed E-state index contributed by atoms with van der Waals surface area (Å²) < 4.78 is 0.411. The van der Waals surface area contributed by atoms with Crippen molar-refractivity contribution in [3.8, 4) is 0 Å². The lowest BCUT2D eigenvalue weighted by atomic mass is 10.1. The summed E-state index contributed by atoms with van der Waals surface area (Å²) in [5.74, 6) is -5.16. The predicted molar refractivity (Wildman–Crippen MR) is 110 cm³/mol. The summed E-state index contributed by atoms with van der Waals surface area (Å²) in [6, 6.07) is 3.00. The van der Waals surface area contributed by atoms with Crippen LogP contribution in [0.25, 0.3) is 5.57 Å². The fourth-order valence-corrected chi connectivity index (χ4v) is 4.81. The highest BCUT2D eigenvalue weighted by Crippen LogP contribution is 2.46. The van der Waals surface area contributed by atoms with Crippen molar-refractivity contribution in [1.82, 2.24) is 4.90 Å². The van der Waals surface area contributed by atoms with E-state index in [0.717, 1.165) is 4.90 Å². The first-order chi connectivity index (χ1) is 13.5. The largest absolute Gasteiger partial charge is 0.481 e. The number of benzene rings is 1. The maximum atomic E-state index is 13.0. The van der Waals surface area contributed by atoms with E-state index < -0.39 is 42.1 Å². The van der Waals surface area contributed by atoms with Gasteiger partial charge in [-0.2, -0.15) is 0 Å². The molecule has 2 heterocycles. The summed E-state index contributed by atoms with van der Waals surface area (Å²) in [5.41, 5.74) is 0.507. The third-order valence-corrected chi connectivity index (χ3v) is 6.09. The zero-order valence-electron chi connectivity index (χ0n) is 14.5. The minimum absolute atomic E-state index is 0.0872. The summed E-state index contributed by atoms with van der Waals surface area (Å²) in [7, 11) is 0. The van der Waals surface area contributed by atoms with Crippen molar-refractivity contribution in [3.05, 3.63) is 33.1 Å². The van der Waals surface area contributed by atoms with Crippen LogP contribution in [0.1, 0.15) is 18.9 Å². The lowest BCUT2D eigenvalue weighted by Gasteiger charge is -2.21.